The van der Waals surface area contributed by atoms with E-state index in [0.29, 0.717) is 21.4 Å². The molecule has 10 heteroatoms. The molecule has 1 amide bonds. The zero-order valence-corrected chi connectivity index (χ0v) is 19.1. The van der Waals surface area contributed by atoms with Gasteiger partial charge in [-0.25, -0.2) is 17.8 Å². The average molecular weight is 493 g/mol. The fourth-order valence-electron chi connectivity index (χ4n) is 3.13. The Balaban J connectivity index is 1.50. The number of benzene rings is 2. The number of hydrogen-bond acceptors (Lipinski definition) is 6. The molecule has 0 aliphatic rings. The maximum absolute atomic E-state index is 13.1. The predicted molar refractivity (Wildman–Crippen MR) is 122 cm³/mol. The summed E-state index contributed by atoms with van der Waals surface area (Å²) in [6.07, 6.45) is 1.63. The summed E-state index contributed by atoms with van der Waals surface area (Å²) >= 11 is 7.38. The highest BCUT2D eigenvalue weighted by Gasteiger charge is 2.22. The van der Waals surface area contributed by atoms with Crippen LogP contribution in [0.15, 0.2) is 70.2 Å². The first-order chi connectivity index (χ1) is 15.3. The van der Waals surface area contributed by atoms with Crippen molar-refractivity contribution in [3.8, 4) is 0 Å². The standard InChI is InChI=1S/C22H18ClFN2O4S2/c23-15-5-10-19-20(13-15)31-22(25-19)26(14-17-3-1-11-30-17)21(27)4-2-12-32(28,29)18-8-6-16(24)7-9-18/h1,3,5-11,13H,2,4,12,14H2. The van der Waals surface area contributed by atoms with Gasteiger partial charge in [-0.3, -0.25) is 9.69 Å². The summed E-state index contributed by atoms with van der Waals surface area (Å²) in [5, 5.41) is 1.05. The summed E-state index contributed by atoms with van der Waals surface area (Å²) < 4.78 is 44.3. The monoisotopic (exact) mass is 492 g/mol. The van der Waals surface area contributed by atoms with Crippen LogP contribution in [0.4, 0.5) is 9.52 Å². The second-order valence-electron chi connectivity index (χ2n) is 7.04. The van der Waals surface area contributed by atoms with E-state index >= 15 is 0 Å². The molecule has 0 N–H and O–H groups in total. The third-order valence-electron chi connectivity index (χ3n) is 4.74. The van der Waals surface area contributed by atoms with E-state index in [2.05, 4.69) is 4.98 Å². The highest BCUT2D eigenvalue weighted by atomic mass is 35.5. The lowest BCUT2D eigenvalue weighted by Gasteiger charge is -2.18. The molecule has 0 saturated carbocycles. The number of carbonyl (C=O) groups excluding carboxylic acids is 1. The summed E-state index contributed by atoms with van der Waals surface area (Å²) in [4.78, 5) is 19.1. The van der Waals surface area contributed by atoms with Crippen LogP contribution in [0.1, 0.15) is 18.6 Å². The first-order valence-electron chi connectivity index (χ1n) is 9.69. The molecule has 2 heterocycles. The molecule has 0 aliphatic carbocycles. The lowest BCUT2D eigenvalue weighted by Crippen LogP contribution is -2.30. The normalized spacial score (nSPS) is 11.7. The number of thiazole rings is 1. The Morgan fingerprint density at radius 2 is 1.94 bits per heavy atom. The molecule has 166 valence electrons. The molecule has 6 nitrogen and oxygen atoms in total. The van der Waals surface area contributed by atoms with Crippen LogP contribution in [0.5, 0.6) is 0 Å². The summed E-state index contributed by atoms with van der Waals surface area (Å²) in [6.45, 7) is 0.171. The maximum Gasteiger partial charge on any atom is 0.229 e. The number of nitrogens with zero attached hydrogens (tertiary/aromatic N) is 2. The zero-order chi connectivity index (χ0) is 22.7. The second kappa shape index (κ2) is 9.40. The summed E-state index contributed by atoms with van der Waals surface area (Å²) in [7, 11) is -3.62. The van der Waals surface area contributed by atoms with Gasteiger partial charge in [0.25, 0.3) is 0 Å². The van der Waals surface area contributed by atoms with Gasteiger partial charge in [0.2, 0.25) is 5.91 Å². The van der Waals surface area contributed by atoms with E-state index in [9.17, 15) is 17.6 Å². The van der Waals surface area contributed by atoms with Gasteiger partial charge in [0.05, 0.1) is 33.7 Å². The van der Waals surface area contributed by atoms with E-state index in [1.54, 1.807) is 30.3 Å². The van der Waals surface area contributed by atoms with Crippen molar-refractivity contribution in [3.05, 3.63) is 77.5 Å². The molecule has 4 rings (SSSR count). The number of rotatable bonds is 8. The number of sulfone groups is 1. The van der Waals surface area contributed by atoms with Gasteiger partial charge in [-0.15, -0.1) is 0 Å². The number of hydrogen-bond donors (Lipinski definition) is 0. The van der Waals surface area contributed by atoms with E-state index in [1.165, 1.54) is 34.6 Å². The third kappa shape index (κ3) is 5.17. The van der Waals surface area contributed by atoms with E-state index in [-0.39, 0.29) is 35.9 Å². The lowest BCUT2D eigenvalue weighted by molar-refractivity contribution is -0.118. The highest BCUT2D eigenvalue weighted by Crippen LogP contribution is 2.32. The quantitative estimate of drug-likeness (QED) is 0.305. The van der Waals surface area contributed by atoms with E-state index in [4.69, 9.17) is 16.0 Å². The maximum atomic E-state index is 13.1. The number of anilines is 1. The molecule has 4 aromatic rings. The molecule has 32 heavy (non-hydrogen) atoms. The molecule has 0 spiro atoms. The van der Waals surface area contributed by atoms with Crippen molar-refractivity contribution >= 4 is 54.0 Å². The summed E-state index contributed by atoms with van der Waals surface area (Å²) in [5.74, 6) is -0.436. The van der Waals surface area contributed by atoms with Crippen molar-refractivity contribution in [2.24, 2.45) is 0 Å². The van der Waals surface area contributed by atoms with Crippen molar-refractivity contribution in [2.75, 3.05) is 10.7 Å². The van der Waals surface area contributed by atoms with Gasteiger partial charge in [0, 0.05) is 11.4 Å². The van der Waals surface area contributed by atoms with Gasteiger partial charge in [0.1, 0.15) is 11.6 Å². The molecule has 0 atom stereocenters. The number of fused-ring (bicyclic) bond motifs is 1. The largest absolute Gasteiger partial charge is 0.467 e. The second-order valence-corrected chi connectivity index (χ2v) is 10.6. The van der Waals surface area contributed by atoms with Crippen molar-refractivity contribution < 1.29 is 22.0 Å². The Morgan fingerprint density at radius 3 is 2.66 bits per heavy atom. The Kier molecular flexibility index (Phi) is 6.59. The Bertz CT molecular complexity index is 1340. The summed E-state index contributed by atoms with van der Waals surface area (Å²) in [6, 6.07) is 13.4. The summed E-state index contributed by atoms with van der Waals surface area (Å²) in [5.41, 5.74) is 0.713. The molecule has 0 bridgehead atoms. The third-order valence-corrected chi connectivity index (χ3v) is 7.83. The molecule has 2 aromatic heterocycles. The smallest absolute Gasteiger partial charge is 0.229 e. The van der Waals surface area contributed by atoms with Crippen LogP contribution in [0.3, 0.4) is 0 Å². The van der Waals surface area contributed by atoms with Crippen LogP contribution in [-0.4, -0.2) is 25.1 Å². The predicted octanol–water partition coefficient (Wildman–Crippen LogP) is 5.47. The van der Waals surface area contributed by atoms with Gasteiger partial charge >= 0.3 is 0 Å². The molecule has 0 radical (unpaired) electrons. The molecular formula is C22H18ClFN2O4S2. The number of amides is 1. The minimum Gasteiger partial charge on any atom is -0.467 e. The minimum atomic E-state index is -3.62. The van der Waals surface area contributed by atoms with Crippen molar-refractivity contribution in [3.63, 3.8) is 0 Å². The first-order valence-corrected chi connectivity index (χ1v) is 12.5. The van der Waals surface area contributed by atoms with Gasteiger partial charge in [-0.2, -0.15) is 0 Å². The molecule has 0 fully saturated rings. The van der Waals surface area contributed by atoms with Crippen LogP contribution < -0.4 is 4.90 Å². The fraction of sp³-hybridized carbons (Fsp3) is 0.182. The number of furan rings is 1. The van der Waals surface area contributed by atoms with Gasteiger partial charge in [-0.05, 0) is 61.0 Å². The average Bonchev–Trinajstić information content (AvgIpc) is 3.41. The SMILES string of the molecule is O=C(CCCS(=O)(=O)c1ccc(F)cc1)N(Cc1ccco1)c1nc2ccc(Cl)cc2s1. The van der Waals surface area contributed by atoms with Crippen LogP contribution >= 0.6 is 22.9 Å². The number of halogens is 2. The van der Waals surface area contributed by atoms with Gasteiger partial charge in [0.15, 0.2) is 15.0 Å². The lowest BCUT2D eigenvalue weighted by atomic mass is 10.3. The molecular weight excluding hydrogens is 475 g/mol. The molecule has 2 aromatic carbocycles. The van der Waals surface area contributed by atoms with Crippen LogP contribution in [0.25, 0.3) is 10.2 Å². The van der Waals surface area contributed by atoms with E-state index in [0.717, 1.165) is 16.8 Å². The molecule has 0 saturated heterocycles. The number of aromatic nitrogens is 1. The fourth-order valence-corrected chi connectivity index (χ4v) is 5.70. The van der Waals surface area contributed by atoms with Crippen LogP contribution in [0, 0.1) is 5.82 Å². The molecule has 0 unspecified atom stereocenters. The zero-order valence-electron chi connectivity index (χ0n) is 16.7. The van der Waals surface area contributed by atoms with E-state index < -0.39 is 15.7 Å². The van der Waals surface area contributed by atoms with E-state index in [1.807, 2.05) is 0 Å². The Hall–Kier alpha value is -2.75. The highest BCUT2D eigenvalue weighted by molar-refractivity contribution is 7.91. The van der Waals surface area contributed by atoms with Gasteiger partial charge in [-0.1, -0.05) is 22.9 Å². The van der Waals surface area contributed by atoms with Crippen molar-refractivity contribution in [1.82, 2.24) is 4.98 Å². The number of carbonyl (C=O) groups is 1. The Labute approximate surface area is 193 Å². The first kappa shape index (κ1) is 22.4. The van der Waals surface area contributed by atoms with Gasteiger partial charge < -0.3 is 4.42 Å². The molecule has 0 aliphatic heterocycles. The topological polar surface area (TPSA) is 80.5 Å². The Morgan fingerprint density at radius 1 is 1.16 bits per heavy atom. The minimum absolute atomic E-state index is 0.00217. The van der Waals surface area contributed by atoms with Crippen molar-refractivity contribution in [1.29, 1.82) is 0 Å². The van der Waals surface area contributed by atoms with Crippen LogP contribution in [-0.2, 0) is 21.2 Å². The van der Waals surface area contributed by atoms with Crippen molar-refractivity contribution in [2.45, 2.75) is 24.3 Å². The van der Waals surface area contributed by atoms with Crippen LogP contribution in [0.2, 0.25) is 5.02 Å².